The van der Waals surface area contributed by atoms with E-state index in [9.17, 15) is 4.79 Å². The number of carbonyl (C=O) groups is 1. The van der Waals surface area contributed by atoms with E-state index in [4.69, 9.17) is 14.0 Å². The molecule has 138 valence electrons. The molecule has 0 unspecified atom stereocenters. The zero-order valence-electron chi connectivity index (χ0n) is 14.9. The van der Waals surface area contributed by atoms with Crippen molar-refractivity contribution in [2.75, 3.05) is 18.6 Å². The summed E-state index contributed by atoms with van der Waals surface area (Å²) in [7, 11) is 1.62. The fraction of sp³-hybridized carbons (Fsp3) is 0.250. The van der Waals surface area contributed by atoms with Crippen molar-refractivity contribution in [3.05, 3.63) is 54.4 Å². The Morgan fingerprint density at radius 1 is 1.07 bits per heavy atom. The zero-order chi connectivity index (χ0) is 18.6. The van der Waals surface area contributed by atoms with Crippen LogP contribution in [-0.2, 0) is 11.4 Å². The standard InChI is InChI=1S/C20H19N3O4/c1-25-16-8-4-14(5-9-16)20-21-18(27-22-20)13-26-17-10-6-15(7-11-17)23-12-2-3-19(23)24/h4-11H,2-3,12-13H2,1H3. The van der Waals surface area contributed by atoms with E-state index in [0.717, 1.165) is 30.0 Å². The number of carbonyl (C=O) groups excluding carboxylic acids is 1. The quantitative estimate of drug-likeness (QED) is 0.666. The molecule has 0 bridgehead atoms. The molecule has 2 aromatic carbocycles. The van der Waals surface area contributed by atoms with Gasteiger partial charge in [-0.3, -0.25) is 4.79 Å². The van der Waals surface area contributed by atoms with Gasteiger partial charge in [0.1, 0.15) is 11.5 Å². The molecule has 1 amide bonds. The highest BCUT2D eigenvalue weighted by molar-refractivity contribution is 5.95. The van der Waals surface area contributed by atoms with Crippen LogP contribution in [0.1, 0.15) is 18.7 Å². The Hall–Kier alpha value is -3.35. The van der Waals surface area contributed by atoms with Gasteiger partial charge in [0.25, 0.3) is 5.89 Å². The first kappa shape index (κ1) is 17.1. The average Bonchev–Trinajstić information content (AvgIpc) is 3.36. The summed E-state index contributed by atoms with van der Waals surface area (Å²) in [5.41, 5.74) is 1.73. The number of hydrogen-bond donors (Lipinski definition) is 0. The molecule has 2 heterocycles. The summed E-state index contributed by atoms with van der Waals surface area (Å²) in [5, 5.41) is 3.98. The first-order valence-corrected chi connectivity index (χ1v) is 8.73. The van der Waals surface area contributed by atoms with Gasteiger partial charge in [-0.1, -0.05) is 5.16 Å². The first-order chi connectivity index (χ1) is 13.2. The Balaban J connectivity index is 1.37. The molecule has 1 aliphatic rings. The van der Waals surface area contributed by atoms with Crippen molar-refractivity contribution in [1.29, 1.82) is 0 Å². The van der Waals surface area contributed by atoms with Gasteiger partial charge in [-0.05, 0) is 55.0 Å². The van der Waals surface area contributed by atoms with Crippen LogP contribution in [0.3, 0.4) is 0 Å². The molecular weight excluding hydrogens is 346 g/mol. The second kappa shape index (κ2) is 7.49. The number of methoxy groups -OCH3 is 1. The van der Waals surface area contributed by atoms with Crippen molar-refractivity contribution in [1.82, 2.24) is 10.1 Å². The van der Waals surface area contributed by atoms with Crippen molar-refractivity contribution < 1.29 is 18.8 Å². The smallest absolute Gasteiger partial charge is 0.264 e. The SMILES string of the molecule is COc1ccc(-c2noc(COc3ccc(N4CCCC4=O)cc3)n2)cc1. The molecule has 1 aromatic heterocycles. The Morgan fingerprint density at radius 2 is 1.81 bits per heavy atom. The number of benzene rings is 2. The number of anilines is 1. The van der Waals surface area contributed by atoms with E-state index in [1.165, 1.54) is 0 Å². The maximum Gasteiger partial charge on any atom is 0.264 e. The van der Waals surface area contributed by atoms with Gasteiger partial charge in [-0.15, -0.1) is 0 Å². The number of ether oxygens (including phenoxy) is 2. The first-order valence-electron chi connectivity index (χ1n) is 8.73. The molecule has 3 aromatic rings. The maximum atomic E-state index is 11.8. The minimum atomic E-state index is 0.167. The van der Waals surface area contributed by atoms with Crippen LogP contribution in [0.25, 0.3) is 11.4 Å². The number of rotatable bonds is 6. The summed E-state index contributed by atoms with van der Waals surface area (Å²) < 4.78 is 16.1. The molecule has 4 rings (SSSR count). The van der Waals surface area contributed by atoms with E-state index in [0.29, 0.717) is 23.9 Å². The van der Waals surface area contributed by atoms with Gasteiger partial charge in [-0.25, -0.2) is 0 Å². The van der Waals surface area contributed by atoms with E-state index in [2.05, 4.69) is 10.1 Å². The monoisotopic (exact) mass is 365 g/mol. The van der Waals surface area contributed by atoms with Crippen molar-refractivity contribution in [2.45, 2.75) is 19.4 Å². The lowest BCUT2D eigenvalue weighted by atomic mass is 10.2. The largest absolute Gasteiger partial charge is 0.497 e. The third kappa shape index (κ3) is 3.76. The summed E-state index contributed by atoms with van der Waals surface area (Å²) in [4.78, 5) is 17.9. The number of nitrogens with zero attached hydrogens (tertiary/aromatic N) is 3. The third-order valence-corrected chi connectivity index (χ3v) is 4.40. The normalized spacial score (nSPS) is 13.8. The summed E-state index contributed by atoms with van der Waals surface area (Å²) in [6, 6.07) is 14.9. The molecule has 1 fully saturated rings. The second-order valence-corrected chi connectivity index (χ2v) is 6.17. The molecular formula is C20H19N3O4. The fourth-order valence-electron chi connectivity index (χ4n) is 2.96. The molecule has 7 nitrogen and oxygen atoms in total. The molecule has 27 heavy (non-hydrogen) atoms. The van der Waals surface area contributed by atoms with Gasteiger partial charge >= 0.3 is 0 Å². The minimum absolute atomic E-state index is 0.167. The highest BCUT2D eigenvalue weighted by atomic mass is 16.5. The lowest BCUT2D eigenvalue weighted by molar-refractivity contribution is -0.117. The second-order valence-electron chi connectivity index (χ2n) is 6.17. The van der Waals surface area contributed by atoms with Gasteiger partial charge in [0.2, 0.25) is 11.7 Å². The van der Waals surface area contributed by atoms with E-state index >= 15 is 0 Å². The number of amides is 1. The predicted octanol–water partition coefficient (Wildman–Crippen LogP) is 3.45. The van der Waals surface area contributed by atoms with Crippen LogP contribution in [0, 0.1) is 0 Å². The van der Waals surface area contributed by atoms with Gasteiger partial charge in [0.05, 0.1) is 7.11 Å². The highest BCUT2D eigenvalue weighted by Gasteiger charge is 2.21. The summed E-state index contributed by atoms with van der Waals surface area (Å²) in [6.07, 6.45) is 1.52. The van der Waals surface area contributed by atoms with Crippen LogP contribution in [0.2, 0.25) is 0 Å². The van der Waals surface area contributed by atoms with Crippen LogP contribution in [-0.4, -0.2) is 29.7 Å². The molecule has 0 spiro atoms. The molecule has 0 atom stereocenters. The van der Waals surface area contributed by atoms with Crippen LogP contribution in [0.15, 0.2) is 53.1 Å². The van der Waals surface area contributed by atoms with Crippen molar-refractivity contribution >= 4 is 11.6 Å². The molecule has 1 aliphatic heterocycles. The van der Waals surface area contributed by atoms with Gasteiger partial charge in [-0.2, -0.15) is 4.98 Å². The molecule has 0 N–H and O–H groups in total. The van der Waals surface area contributed by atoms with Crippen LogP contribution in [0.4, 0.5) is 5.69 Å². The molecule has 0 saturated carbocycles. The molecule has 1 saturated heterocycles. The van der Waals surface area contributed by atoms with Crippen molar-refractivity contribution in [3.63, 3.8) is 0 Å². The molecule has 0 aliphatic carbocycles. The summed E-state index contributed by atoms with van der Waals surface area (Å²) in [6.45, 7) is 0.945. The van der Waals surface area contributed by atoms with Crippen molar-refractivity contribution in [2.24, 2.45) is 0 Å². The van der Waals surface area contributed by atoms with Gasteiger partial charge in [0.15, 0.2) is 6.61 Å². The Kier molecular flexibility index (Phi) is 4.74. The topological polar surface area (TPSA) is 77.7 Å². The summed E-state index contributed by atoms with van der Waals surface area (Å²) >= 11 is 0. The van der Waals surface area contributed by atoms with Crippen LogP contribution >= 0.6 is 0 Å². The maximum absolute atomic E-state index is 11.8. The third-order valence-electron chi connectivity index (χ3n) is 4.40. The van der Waals surface area contributed by atoms with Gasteiger partial charge in [0, 0.05) is 24.2 Å². The van der Waals surface area contributed by atoms with Crippen molar-refractivity contribution in [3.8, 4) is 22.9 Å². The van der Waals surface area contributed by atoms with E-state index in [1.54, 1.807) is 12.0 Å². The average molecular weight is 365 g/mol. The highest BCUT2D eigenvalue weighted by Crippen LogP contribution is 2.24. The molecule has 0 radical (unpaired) electrons. The zero-order valence-corrected chi connectivity index (χ0v) is 14.9. The summed E-state index contributed by atoms with van der Waals surface area (Å²) in [5.74, 6) is 2.50. The predicted molar refractivity (Wildman–Crippen MR) is 98.6 cm³/mol. The van der Waals surface area contributed by atoms with E-state index in [-0.39, 0.29) is 12.5 Å². The lowest BCUT2D eigenvalue weighted by Crippen LogP contribution is -2.23. The van der Waals surface area contributed by atoms with E-state index < -0.39 is 0 Å². The Labute approximate surface area is 156 Å². The Morgan fingerprint density at radius 3 is 2.48 bits per heavy atom. The van der Waals surface area contributed by atoms with E-state index in [1.807, 2.05) is 48.5 Å². The molecule has 7 heteroatoms. The number of hydrogen-bond acceptors (Lipinski definition) is 6. The Bertz CT molecular complexity index is 919. The lowest BCUT2D eigenvalue weighted by Gasteiger charge is -2.15. The van der Waals surface area contributed by atoms with Crippen LogP contribution < -0.4 is 14.4 Å². The van der Waals surface area contributed by atoms with Gasteiger partial charge < -0.3 is 18.9 Å². The fourth-order valence-corrected chi connectivity index (χ4v) is 2.96. The minimum Gasteiger partial charge on any atom is -0.497 e. The van der Waals surface area contributed by atoms with Crippen LogP contribution in [0.5, 0.6) is 11.5 Å². The number of aromatic nitrogens is 2.